The standard InChI is InChI=1S/C20H23N3O2S2/c1-13(2)25-19-21-22-20(27-19)26-12-18(24)17-10-14(3)23(15(17)4)11-16-8-6-5-7-9-16/h5-10,13H,11-12H2,1-4H3. The van der Waals surface area contributed by atoms with E-state index in [1.807, 2.05) is 52.0 Å². The summed E-state index contributed by atoms with van der Waals surface area (Å²) in [5, 5.41) is 8.63. The van der Waals surface area contributed by atoms with Gasteiger partial charge >= 0.3 is 0 Å². The number of benzene rings is 1. The molecule has 0 atom stereocenters. The number of ether oxygens (including phenoxy) is 1. The Balaban J connectivity index is 1.66. The SMILES string of the molecule is Cc1cc(C(=O)CSc2nnc(OC(C)C)s2)c(C)n1Cc1ccccc1. The van der Waals surface area contributed by atoms with Gasteiger partial charge in [0.05, 0.1) is 11.9 Å². The number of aromatic nitrogens is 3. The first-order chi connectivity index (χ1) is 12.9. The molecule has 0 unspecified atom stereocenters. The topological polar surface area (TPSA) is 57.0 Å². The fourth-order valence-electron chi connectivity index (χ4n) is 2.80. The molecule has 0 aliphatic heterocycles. The molecule has 0 fully saturated rings. The third-order valence-electron chi connectivity index (χ3n) is 4.11. The minimum absolute atomic E-state index is 0.0624. The number of rotatable bonds is 8. The second-order valence-electron chi connectivity index (χ2n) is 6.57. The van der Waals surface area contributed by atoms with Crippen molar-refractivity contribution in [3.8, 4) is 5.19 Å². The monoisotopic (exact) mass is 401 g/mol. The van der Waals surface area contributed by atoms with Crippen LogP contribution in [-0.4, -0.2) is 32.4 Å². The normalized spacial score (nSPS) is 11.1. The molecule has 3 aromatic rings. The second kappa shape index (κ2) is 8.71. The van der Waals surface area contributed by atoms with Gasteiger partial charge in [0.2, 0.25) is 0 Å². The van der Waals surface area contributed by atoms with Gasteiger partial charge in [0, 0.05) is 23.5 Å². The summed E-state index contributed by atoms with van der Waals surface area (Å²) in [6.07, 6.45) is 0.0624. The molecule has 27 heavy (non-hydrogen) atoms. The molecule has 0 aliphatic carbocycles. The van der Waals surface area contributed by atoms with Crippen LogP contribution in [0.15, 0.2) is 40.7 Å². The predicted molar refractivity (Wildman–Crippen MR) is 110 cm³/mol. The summed E-state index contributed by atoms with van der Waals surface area (Å²) in [5.41, 5.74) is 4.09. The predicted octanol–water partition coefficient (Wildman–Crippen LogP) is 4.77. The molecule has 0 radical (unpaired) electrons. The van der Waals surface area contributed by atoms with E-state index in [1.165, 1.54) is 28.7 Å². The largest absolute Gasteiger partial charge is 0.466 e. The zero-order chi connectivity index (χ0) is 19.4. The number of carbonyl (C=O) groups is 1. The van der Waals surface area contributed by atoms with Crippen LogP contribution in [0.4, 0.5) is 0 Å². The molecular weight excluding hydrogens is 378 g/mol. The number of aryl methyl sites for hydroxylation is 1. The van der Waals surface area contributed by atoms with E-state index in [0.29, 0.717) is 10.9 Å². The lowest BCUT2D eigenvalue weighted by atomic mass is 10.2. The van der Waals surface area contributed by atoms with Crippen molar-refractivity contribution in [2.24, 2.45) is 0 Å². The summed E-state index contributed by atoms with van der Waals surface area (Å²) in [6, 6.07) is 12.3. The fourth-order valence-corrected chi connectivity index (χ4v) is 4.49. The molecule has 1 aromatic carbocycles. The first-order valence-corrected chi connectivity index (χ1v) is 10.6. The van der Waals surface area contributed by atoms with Gasteiger partial charge < -0.3 is 9.30 Å². The number of hydrogen-bond donors (Lipinski definition) is 0. The van der Waals surface area contributed by atoms with E-state index in [2.05, 4.69) is 26.9 Å². The maximum absolute atomic E-state index is 12.7. The maximum Gasteiger partial charge on any atom is 0.295 e. The van der Waals surface area contributed by atoms with Gasteiger partial charge in [-0.15, -0.1) is 5.10 Å². The molecule has 0 aliphatic rings. The maximum atomic E-state index is 12.7. The molecule has 0 saturated carbocycles. The number of carbonyl (C=O) groups excluding carboxylic acids is 1. The van der Waals surface area contributed by atoms with Gasteiger partial charge in [0.15, 0.2) is 10.1 Å². The fraction of sp³-hybridized carbons (Fsp3) is 0.350. The number of hydrogen-bond acceptors (Lipinski definition) is 6. The summed E-state index contributed by atoms with van der Waals surface area (Å²) >= 11 is 2.78. The van der Waals surface area contributed by atoms with E-state index in [1.54, 1.807) is 0 Å². The van der Waals surface area contributed by atoms with Crippen LogP contribution in [0.2, 0.25) is 0 Å². The highest BCUT2D eigenvalue weighted by atomic mass is 32.2. The lowest BCUT2D eigenvalue weighted by Crippen LogP contribution is -2.07. The molecule has 3 rings (SSSR count). The first-order valence-electron chi connectivity index (χ1n) is 8.81. The van der Waals surface area contributed by atoms with Crippen LogP contribution in [-0.2, 0) is 6.54 Å². The number of Topliss-reactive ketones (excluding diaryl/α,β-unsaturated/α-hetero) is 1. The molecule has 2 aromatic heterocycles. The Morgan fingerprint density at radius 1 is 1.22 bits per heavy atom. The molecule has 0 saturated heterocycles. The summed E-state index contributed by atoms with van der Waals surface area (Å²) in [5.74, 6) is 0.445. The number of thioether (sulfide) groups is 1. The second-order valence-corrected chi connectivity index (χ2v) is 8.73. The van der Waals surface area contributed by atoms with Gasteiger partial charge in [0.25, 0.3) is 5.19 Å². The van der Waals surface area contributed by atoms with E-state index in [-0.39, 0.29) is 11.9 Å². The minimum atomic E-state index is 0.0624. The van der Waals surface area contributed by atoms with Crippen LogP contribution in [0.1, 0.15) is 41.2 Å². The van der Waals surface area contributed by atoms with Crippen LogP contribution in [0, 0.1) is 13.8 Å². The highest BCUT2D eigenvalue weighted by Crippen LogP contribution is 2.29. The average Bonchev–Trinajstić information content (AvgIpc) is 3.19. The average molecular weight is 402 g/mol. The van der Waals surface area contributed by atoms with E-state index in [4.69, 9.17) is 4.74 Å². The highest BCUT2D eigenvalue weighted by molar-refractivity contribution is 8.01. The molecular formula is C20H23N3O2S2. The van der Waals surface area contributed by atoms with Gasteiger partial charge in [-0.1, -0.05) is 47.2 Å². The van der Waals surface area contributed by atoms with Crippen LogP contribution in [0.25, 0.3) is 0 Å². The molecule has 142 valence electrons. The molecule has 0 N–H and O–H groups in total. The molecule has 7 heteroatoms. The smallest absolute Gasteiger partial charge is 0.295 e. The zero-order valence-electron chi connectivity index (χ0n) is 15.9. The highest BCUT2D eigenvalue weighted by Gasteiger charge is 2.17. The van der Waals surface area contributed by atoms with E-state index in [0.717, 1.165) is 27.8 Å². The molecule has 2 heterocycles. The van der Waals surface area contributed by atoms with Crippen LogP contribution < -0.4 is 4.74 Å². The molecule has 0 amide bonds. The quantitative estimate of drug-likeness (QED) is 0.402. The molecule has 0 spiro atoms. The van der Waals surface area contributed by atoms with Crippen molar-refractivity contribution in [2.75, 3.05) is 5.75 Å². The Hall–Kier alpha value is -2.12. The van der Waals surface area contributed by atoms with Crippen molar-refractivity contribution in [3.63, 3.8) is 0 Å². The summed E-state index contributed by atoms with van der Waals surface area (Å²) < 4.78 is 8.46. The third-order valence-corrected chi connectivity index (χ3v) is 6.06. The van der Waals surface area contributed by atoms with Crippen LogP contribution in [0.3, 0.4) is 0 Å². The summed E-state index contributed by atoms with van der Waals surface area (Å²) in [4.78, 5) is 12.7. The number of ketones is 1. The minimum Gasteiger partial charge on any atom is -0.466 e. The Bertz CT molecular complexity index is 917. The van der Waals surface area contributed by atoms with Gasteiger partial charge in [-0.05, 0) is 50.7 Å². The van der Waals surface area contributed by atoms with Gasteiger partial charge in [-0.3, -0.25) is 4.79 Å². The van der Waals surface area contributed by atoms with Crippen LogP contribution in [0.5, 0.6) is 5.19 Å². The lowest BCUT2D eigenvalue weighted by Gasteiger charge is -2.10. The molecule has 5 nitrogen and oxygen atoms in total. The molecule has 0 bridgehead atoms. The van der Waals surface area contributed by atoms with Crippen molar-refractivity contribution >= 4 is 28.9 Å². The zero-order valence-corrected chi connectivity index (χ0v) is 17.6. The van der Waals surface area contributed by atoms with Crippen molar-refractivity contribution < 1.29 is 9.53 Å². The Morgan fingerprint density at radius 3 is 2.67 bits per heavy atom. The van der Waals surface area contributed by atoms with Gasteiger partial charge in [-0.25, -0.2) is 0 Å². The Labute approximate surface area is 167 Å². The van der Waals surface area contributed by atoms with Crippen LogP contribution >= 0.6 is 23.1 Å². The van der Waals surface area contributed by atoms with Crippen molar-refractivity contribution in [3.05, 3.63) is 58.9 Å². The van der Waals surface area contributed by atoms with E-state index >= 15 is 0 Å². The van der Waals surface area contributed by atoms with Gasteiger partial charge in [-0.2, -0.15) is 0 Å². The third kappa shape index (κ3) is 4.99. The van der Waals surface area contributed by atoms with Crippen molar-refractivity contribution in [1.29, 1.82) is 0 Å². The summed E-state index contributed by atoms with van der Waals surface area (Å²) in [6.45, 7) is 8.71. The van der Waals surface area contributed by atoms with Gasteiger partial charge in [0.1, 0.15) is 0 Å². The Morgan fingerprint density at radius 2 is 1.96 bits per heavy atom. The lowest BCUT2D eigenvalue weighted by molar-refractivity contribution is 0.102. The number of nitrogens with zero attached hydrogens (tertiary/aromatic N) is 3. The van der Waals surface area contributed by atoms with Crippen molar-refractivity contribution in [1.82, 2.24) is 14.8 Å². The first kappa shape index (κ1) is 19.6. The van der Waals surface area contributed by atoms with Crippen molar-refractivity contribution in [2.45, 2.75) is 44.7 Å². The Kier molecular flexibility index (Phi) is 6.34. The van der Waals surface area contributed by atoms with E-state index in [9.17, 15) is 4.79 Å². The summed E-state index contributed by atoms with van der Waals surface area (Å²) in [7, 11) is 0. The van der Waals surface area contributed by atoms with E-state index < -0.39 is 0 Å².